The molecule has 0 aliphatic carbocycles. The van der Waals surface area contributed by atoms with E-state index in [0.717, 1.165) is 5.56 Å². The largest absolute Gasteiger partial charge is 0.480 e. The summed E-state index contributed by atoms with van der Waals surface area (Å²) in [7, 11) is 0. The van der Waals surface area contributed by atoms with Crippen LogP contribution in [0.25, 0.3) is 0 Å². The maximum Gasteiger partial charge on any atom is 0.326 e. The number of carboxylic acids is 1. The van der Waals surface area contributed by atoms with Crippen molar-refractivity contribution in [2.75, 3.05) is 0 Å². The molecule has 1 amide bonds. The van der Waals surface area contributed by atoms with Crippen LogP contribution in [0.1, 0.15) is 28.8 Å². The van der Waals surface area contributed by atoms with Crippen LogP contribution in [0.3, 0.4) is 0 Å². The normalized spacial score (nSPS) is 11.9. The molecular formula is C16H17NO4. The fourth-order valence-electron chi connectivity index (χ4n) is 1.99. The van der Waals surface area contributed by atoms with E-state index >= 15 is 0 Å². The van der Waals surface area contributed by atoms with E-state index in [-0.39, 0.29) is 12.3 Å². The van der Waals surface area contributed by atoms with Gasteiger partial charge in [0.1, 0.15) is 11.8 Å². The van der Waals surface area contributed by atoms with E-state index in [1.165, 1.54) is 11.8 Å². The predicted molar refractivity (Wildman–Crippen MR) is 76.9 cm³/mol. The summed E-state index contributed by atoms with van der Waals surface area (Å²) in [5.74, 6) is -0.720. The quantitative estimate of drug-likeness (QED) is 0.917. The number of amides is 1. The molecule has 1 aromatic carbocycles. The molecule has 110 valence electrons. The van der Waals surface area contributed by atoms with Crippen LogP contribution in [0.5, 0.6) is 0 Å². The van der Waals surface area contributed by atoms with Gasteiger partial charge >= 0.3 is 5.97 Å². The second kappa shape index (κ2) is 6.26. The Kier molecular flexibility index (Phi) is 4.42. The van der Waals surface area contributed by atoms with Crippen molar-refractivity contribution < 1.29 is 19.1 Å². The van der Waals surface area contributed by atoms with E-state index in [1.807, 2.05) is 30.3 Å². The van der Waals surface area contributed by atoms with Gasteiger partial charge in [0.05, 0.1) is 0 Å². The number of aliphatic carboxylic acids is 1. The molecule has 0 saturated carbocycles. The average molecular weight is 287 g/mol. The monoisotopic (exact) mass is 287 g/mol. The predicted octanol–water partition coefficient (Wildman–Crippen LogP) is 2.70. The molecule has 1 atom stereocenters. The maximum atomic E-state index is 12.5. The SMILES string of the molecule is Cc1ccc(C(=O)N(Cc2ccccc2)[C@H](C)C(=O)O)o1. The summed E-state index contributed by atoms with van der Waals surface area (Å²) < 4.78 is 5.31. The molecule has 0 saturated heterocycles. The topological polar surface area (TPSA) is 70.8 Å². The zero-order chi connectivity index (χ0) is 15.4. The van der Waals surface area contributed by atoms with E-state index in [2.05, 4.69) is 0 Å². The first-order chi connectivity index (χ1) is 9.99. The van der Waals surface area contributed by atoms with Crippen molar-refractivity contribution in [2.45, 2.75) is 26.4 Å². The summed E-state index contributed by atoms with van der Waals surface area (Å²) in [6.07, 6.45) is 0. The Bertz CT molecular complexity index is 633. The molecule has 5 heteroatoms. The molecule has 0 fully saturated rings. The summed E-state index contributed by atoms with van der Waals surface area (Å²) in [4.78, 5) is 25.0. The molecule has 1 heterocycles. The Morgan fingerprint density at radius 2 is 1.86 bits per heavy atom. The van der Waals surface area contributed by atoms with Crippen LogP contribution >= 0.6 is 0 Å². The molecule has 0 radical (unpaired) electrons. The molecule has 0 spiro atoms. The zero-order valence-electron chi connectivity index (χ0n) is 11.9. The van der Waals surface area contributed by atoms with E-state index < -0.39 is 17.9 Å². The first-order valence-electron chi connectivity index (χ1n) is 6.63. The van der Waals surface area contributed by atoms with Crippen molar-refractivity contribution in [3.05, 3.63) is 59.5 Å². The van der Waals surface area contributed by atoms with Gasteiger partial charge in [-0.1, -0.05) is 30.3 Å². The standard InChI is InChI=1S/C16H17NO4/c1-11-8-9-14(21-11)15(18)17(12(2)16(19)20)10-13-6-4-3-5-7-13/h3-9,12H,10H2,1-2H3,(H,19,20)/t12-/m1/s1. The molecule has 2 rings (SSSR count). The molecule has 0 aliphatic heterocycles. The number of hydrogen-bond donors (Lipinski definition) is 1. The highest BCUT2D eigenvalue weighted by atomic mass is 16.4. The summed E-state index contributed by atoms with van der Waals surface area (Å²) >= 11 is 0. The van der Waals surface area contributed by atoms with Crippen molar-refractivity contribution in [1.82, 2.24) is 4.90 Å². The minimum absolute atomic E-state index is 0.150. The summed E-state index contributed by atoms with van der Waals surface area (Å²) in [5, 5.41) is 9.21. The Morgan fingerprint density at radius 1 is 1.19 bits per heavy atom. The van der Waals surface area contributed by atoms with Gasteiger partial charge in [-0.2, -0.15) is 0 Å². The van der Waals surface area contributed by atoms with Crippen LogP contribution in [0.15, 0.2) is 46.9 Å². The van der Waals surface area contributed by atoms with Crippen molar-refractivity contribution in [1.29, 1.82) is 0 Å². The van der Waals surface area contributed by atoms with Gasteiger partial charge in [0.25, 0.3) is 5.91 Å². The highest BCUT2D eigenvalue weighted by Gasteiger charge is 2.28. The molecule has 21 heavy (non-hydrogen) atoms. The molecule has 1 aromatic heterocycles. The number of carboxylic acid groups (broad SMARTS) is 1. The second-order valence-electron chi connectivity index (χ2n) is 4.84. The number of benzene rings is 1. The first-order valence-corrected chi connectivity index (χ1v) is 6.63. The smallest absolute Gasteiger partial charge is 0.326 e. The van der Waals surface area contributed by atoms with Crippen molar-refractivity contribution in [3.63, 3.8) is 0 Å². The highest BCUT2D eigenvalue weighted by Crippen LogP contribution is 2.15. The molecule has 2 aromatic rings. The maximum absolute atomic E-state index is 12.5. The summed E-state index contributed by atoms with van der Waals surface area (Å²) in [6.45, 7) is 3.44. The lowest BCUT2D eigenvalue weighted by Crippen LogP contribution is -2.42. The Morgan fingerprint density at radius 3 is 2.38 bits per heavy atom. The number of furan rings is 1. The minimum Gasteiger partial charge on any atom is -0.480 e. The molecule has 1 N–H and O–H groups in total. The summed E-state index contributed by atoms with van der Waals surface area (Å²) in [6, 6.07) is 11.6. The number of aryl methyl sites for hydroxylation is 1. The van der Waals surface area contributed by atoms with E-state index in [0.29, 0.717) is 5.76 Å². The number of rotatable bonds is 5. The van der Waals surface area contributed by atoms with Gasteiger partial charge in [0.2, 0.25) is 0 Å². The summed E-state index contributed by atoms with van der Waals surface area (Å²) in [5.41, 5.74) is 0.863. The van der Waals surface area contributed by atoms with Crippen LogP contribution < -0.4 is 0 Å². The van der Waals surface area contributed by atoms with Crippen molar-refractivity contribution in [2.24, 2.45) is 0 Å². The van der Waals surface area contributed by atoms with E-state index in [1.54, 1.807) is 19.1 Å². The van der Waals surface area contributed by atoms with Crippen LogP contribution in [0.4, 0.5) is 0 Å². The third-order valence-electron chi connectivity index (χ3n) is 3.23. The third-order valence-corrected chi connectivity index (χ3v) is 3.23. The van der Waals surface area contributed by atoms with Crippen molar-refractivity contribution >= 4 is 11.9 Å². The Labute approximate surface area is 122 Å². The minimum atomic E-state index is -1.05. The van der Waals surface area contributed by atoms with Crippen molar-refractivity contribution in [3.8, 4) is 0 Å². The number of nitrogens with zero attached hydrogens (tertiary/aromatic N) is 1. The zero-order valence-corrected chi connectivity index (χ0v) is 11.9. The Hall–Kier alpha value is -2.56. The highest BCUT2D eigenvalue weighted by molar-refractivity contribution is 5.94. The van der Waals surface area contributed by atoms with Gasteiger partial charge in [-0.15, -0.1) is 0 Å². The van der Waals surface area contributed by atoms with Crippen LogP contribution in [-0.4, -0.2) is 27.9 Å². The van der Waals surface area contributed by atoms with E-state index in [4.69, 9.17) is 4.42 Å². The van der Waals surface area contributed by atoms with Crippen LogP contribution in [0.2, 0.25) is 0 Å². The molecule has 0 unspecified atom stereocenters. The fourth-order valence-corrected chi connectivity index (χ4v) is 1.99. The lowest BCUT2D eigenvalue weighted by atomic mass is 10.1. The lowest BCUT2D eigenvalue weighted by Gasteiger charge is -2.25. The number of hydrogen-bond acceptors (Lipinski definition) is 3. The number of carbonyl (C=O) groups excluding carboxylic acids is 1. The molecule has 0 aliphatic rings. The van der Waals surface area contributed by atoms with Crippen LogP contribution in [0, 0.1) is 6.92 Å². The third kappa shape index (κ3) is 3.51. The van der Waals surface area contributed by atoms with E-state index in [9.17, 15) is 14.7 Å². The molecular weight excluding hydrogens is 270 g/mol. The van der Waals surface area contributed by atoms with Gasteiger partial charge in [-0.25, -0.2) is 4.79 Å². The number of carbonyl (C=O) groups is 2. The molecule has 0 bridgehead atoms. The lowest BCUT2D eigenvalue weighted by molar-refractivity contribution is -0.141. The second-order valence-corrected chi connectivity index (χ2v) is 4.84. The molecule has 5 nitrogen and oxygen atoms in total. The van der Waals surface area contributed by atoms with Gasteiger partial charge < -0.3 is 14.4 Å². The van der Waals surface area contributed by atoms with Gasteiger partial charge in [0, 0.05) is 6.54 Å². The van der Waals surface area contributed by atoms with Gasteiger partial charge in [0.15, 0.2) is 5.76 Å². The van der Waals surface area contributed by atoms with Gasteiger partial charge in [-0.3, -0.25) is 4.79 Å². The fraction of sp³-hybridized carbons (Fsp3) is 0.250. The first kappa shape index (κ1) is 14.8. The average Bonchev–Trinajstić information content (AvgIpc) is 2.91. The van der Waals surface area contributed by atoms with Crippen LogP contribution in [-0.2, 0) is 11.3 Å². The Balaban J connectivity index is 2.27. The van der Waals surface area contributed by atoms with Gasteiger partial charge in [-0.05, 0) is 31.5 Å².